The zero-order chi connectivity index (χ0) is 19.2. The van der Waals surface area contributed by atoms with E-state index in [2.05, 4.69) is 18.8 Å². The Hall–Kier alpha value is -2.69. The van der Waals surface area contributed by atoms with Crippen LogP contribution in [0.4, 0.5) is 0 Å². The Morgan fingerprint density at radius 2 is 1.56 bits per heavy atom. The van der Waals surface area contributed by atoms with Crippen molar-refractivity contribution in [2.75, 3.05) is 26.2 Å². The average molecular weight is 365 g/mol. The second-order valence-electron chi connectivity index (χ2n) is 7.47. The molecule has 0 atom stereocenters. The highest BCUT2D eigenvalue weighted by Gasteiger charge is 2.23. The van der Waals surface area contributed by atoms with Crippen LogP contribution in [0, 0.1) is 5.92 Å². The Morgan fingerprint density at radius 3 is 2.11 bits per heavy atom. The zero-order valence-corrected chi connectivity index (χ0v) is 16.1. The van der Waals surface area contributed by atoms with Gasteiger partial charge in [-0.15, -0.1) is 0 Å². The summed E-state index contributed by atoms with van der Waals surface area (Å²) in [5.41, 5.74) is 2.57. The van der Waals surface area contributed by atoms with Crippen LogP contribution in [0.2, 0.25) is 0 Å². The molecule has 1 fully saturated rings. The zero-order valence-electron chi connectivity index (χ0n) is 16.1. The number of carbonyl (C=O) groups excluding carboxylic acids is 2. The smallest absolute Gasteiger partial charge is 0.255 e. The van der Waals surface area contributed by atoms with Crippen LogP contribution in [0.3, 0.4) is 0 Å². The lowest BCUT2D eigenvalue weighted by atomic mass is 10.0. The highest BCUT2D eigenvalue weighted by atomic mass is 16.2. The summed E-state index contributed by atoms with van der Waals surface area (Å²) >= 11 is 0. The van der Waals surface area contributed by atoms with Crippen LogP contribution >= 0.6 is 0 Å². The highest BCUT2D eigenvalue weighted by molar-refractivity contribution is 5.95. The van der Waals surface area contributed by atoms with Gasteiger partial charge in [0.05, 0.1) is 5.56 Å². The summed E-state index contributed by atoms with van der Waals surface area (Å²) in [6.45, 7) is 6.81. The summed E-state index contributed by atoms with van der Waals surface area (Å²) in [7, 11) is 0. The maximum atomic E-state index is 12.8. The van der Waals surface area contributed by atoms with Crippen molar-refractivity contribution < 1.29 is 9.59 Å². The Labute approximate surface area is 161 Å². The Morgan fingerprint density at radius 1 is 0.926 bits per heavy atom. The van der Waals surface area contributed by atoms with E-state index >= 15 is 0 Å². The van der Waals surface area contributed by atoms with Crippen molar-refractivity contribution in [3.05, 3.63) is 65.5 Å². The van der Waals surface area contributed by atoms with Gasteiger partial charge in [-0.3, -0.25) is 14.6 Å². The molecule has 0 aliphatic carbocycles. The predicted octanol–water partition coefficient (Wildman–Crippen LogP) is 3.27. The predicted molar refractivity (Wildman–Crippen MR) is 106 cm³/mol. The maximum Gasteiger partial charge on any atom is 0.255 e. The van der Waals surface area contributed by atoms with Gasteiger partial charge in [0.15, 0.2) is 0 Å². The second kappa shape index (κ2) is 8.80. The van der Waals surface area contributed by atoms with Crippen LogP contribution in [-0.2, 0) is 6.42 Å². The van der Waals surface area contributed by atoms with E-state index in [4.69, 9.17) is 0 Å². The molecule has 2 heterocycles. The molecule has 5 heteroatoms. The van der Waals surface area contributed by atoms with Crippen LogP contribution in [0.15, 0.2) is 48.8 Å². The molecule has 1 aromatic heterocycles. The van der Waals surface area contributed by atoms with Crippen molar-refractivity contribution in [1.29, 1.82) is 0 Å². The van der Waals surface area contributed by atoms with Crippen molar-refractivity contribution in [3.63, 3.8) is 0 Å². The molecule has 5 nitrogen and oxygen atoms in total. The number of pyridine rings is 1. The van der Waals surface area contributed by atoms with E-state index < -0.39 is 0 Å². The van der Waals surface area contributed by atoms with Crippen LogP contribution < -0.4 is 0 Å². The van der Waals surface area contributed by atoms with Gasteiger partial charge in [0.2, 0.25) is 0 Å². The molecule has 0 spiro atoms. The number of aromatic nitrogens is 1. The molecule has 2 aromatic rings. The molecule has 0 N–H and O–H groups in total. The molecule has 2 amide bonds. The van der Waals surface area contributed by atoms with E-state index in [-0.39, 0.29) is 11.8 Å². The second-order valence-corrected chi connectivity index (χ2v) is 7.47. The SMILES string of the molecule is CC(C)Cc1ccc(C(=O)N2CCCN(C(=O)c3cccnc3)CC2)cc1. The van der Waals surface area contributed by atoms with Crippen molar-refractivity contribution in [2.45, 2.75) is 26.7 Å². The van der Waals surface area contributed by atoms with E-state index in [1.165, 1.54) is 5.56 Å². The number of nitrogens with zero attached hydrogens (tertiary/aromatic N) is 3. The van der Waals surface area contributed by atoms with E-state index in [0.717, 1.165) is 18.4 Å². The van der Waals surface area contributed by atoms with Gasteiger partial charge in [-0.1, -0.05) is 26.0 Å². The Balaban J connectivity index is 1.62. The number of hydrogen-bond donors (Lipinski definition) is 0. The first-order chi connectivity index (χ1) is 13.0. The third-order valence-corrected chi connectivity index (χ3v) is 4.82. The topological polar surface area (TPSA) is 53.5 Å². The van der Waals surface area contributed by atoms with E-state index in [9.17, 15) is 9.59 Å². The molecule has 3 rings (SSSR count). The van der Waals surface area contributed by atoms with Gasteiger partial charge in [-0.05, 0) is 48.6 Å². The number of hydrogen-bond acceptors (Lipinski definition) is 3. The molecule has 27 heavy (non-hydrogen) atoms. The quantitative estimate of drug-likeness (QED) is 0.836. The van der Waals surface area contributed by atoms with E-state index in [0.29, 0.717) is 37.7 Å². The summed E-state index contributed by atoms with van der Waals surface area (Å²) in [4.78, 5) is 33.1. The fourth-order valence-corrected chi connectivity index (χ4v) is 3.43. The fraction of sp³-hybridized carbons (Fsp3) is 0.409. The van der Waals surface area contributed by atoms with Crippen molar-refractivity contribution >= 4 is 11.8 Å². The third-order valence-electron chi connectivity index (χ3n) is 4.82. The number of rotatable bonds is 4. The standard InChI is InChI=1S/C22H27N3O2/c1-17(2)15-18-6-8-19(9-7-18)21(26)24-11-4-12-25(14-13-24)22(27)20-5-3-10-23-16-20/h3,5-10,16-17H,4,11-15H2,1-2H3. The van der Waals surface area contributed by atoms with Gasteiger partial charge >= 0.3 is 0 Å². The van der Waals surface area contributed by atoms with Crippen molar-refractivity contribution in [2.24, 2.45) is 5.92 Å². The van der Waals surface area contributed by atoms with E-state index in [1.807, 2.05) is 34.1 Å². The van der Waals surface area contributed by atoms with Gasteiger partial charge < -0.3 is 9.80 Å². The van der Waals surface area contributed by atoms with Gasteiger partial charge in [0.25, 0.3) is 11.8 Å². The lowest BCUT2D eigenvalue weighted by molar-refractivity contribution is 0.0718. The molecule has 0 radical (unpaired) electrons. The maximum absolute atomic E-state index is 12.8. The summed E-state index contributed by atoms with van der Waals surface area (Å²) in [5, 5.41) is 0. The summed E-state index contributed by atoms with van der Waals surface area (Å²) in [5.74, 6) is 0.623. The average Bonchev–Trinajstić information content (AvgIpc) is 2.94. The minimum atomic E-state index is -0.0181. The van der Waals surface area contributed by atoms with Crippen LogP contribution in [0.5, 0.6) is 0 Å². The number of carbonyl (C=O) groups is 2. The molecule has 1 aliphatic heterocycles. The first kappa shape index (κ1) is 19.1. The normalized spacial score (nSPS) is 14.9. The minimum Gasteiger partial charge on any atom is -0.337 e. The molecular formula is C22H27N3O2. The Bertz CT molecular complexity index is 772. The van der Waals surface area contributed by atoms with Gasteiger partial charge in [-0.2, -0.15) is 0 Å². The molecule has 142 valence electrons. The summed E-state index contributed by atoms with van der Waals surface area (Å²) in [6.07, 6.45) is 5.05. The fourth-order valence-electron chi connectivity index (χ4n) is 3.43. The number of amides is 2. The summed E-state index contributed by atoms with van der Waals surface area (Å²) in [6, 6.07) is 11.5. The molecule has 1 saturated heterocycles. The summed E-state index contributed by atoms with van der Waals surface area (Å²) < 4.78 is 0. The first-order valence-corrected chi connectivity index (χ1v) is 9.62. The van der Waals surface area contributed by atoms with Crippen LogP contribution in [0.25, 0.3) is 0 Å². The number of benzene rings is 1. The molecule has 0 bridgehead atoms. The molecule has 0 unspecified atom stereocenters. The van der Waals surface area contributed by atoms with E-state index in [1.54, 1.807) is 24.5 Å². The van der Waals surface area contributed by atoms with Crippen LogP contribution in [0.1, 0.15) is 46.5 Å². The lowest BCUT2D eigenvalue weighted by Gasteiger charge is -2.22. The van der Waals surface area contributed by atoms with Crippen molar-refractivity contribution in [3.8, 4) is 0 Å². The minimum absolute atomic E-state index is 0.0181. The van der Waals surface area contributed by atoms with Gasteiger partial charge in [-0.25, -0.2) is 0 Å². The van der Waals surface area contributed by atoms with Gasteiger partial charge in [0.1, 0.15) is 0 Å². The monoisotopic (exact) mass is 365 g/mol. The molecule has 0 saturated carbocycles. The third kappa shape index (κ3) is 4.94. The van der Waals surface area contributed by atoms with Crippen LogP contribution in [-0.4, -0.2) is 52.8 Å². The molecular weight excluding hydrogens is 338 g/mol. The van der Waals surface area contributed by atoms with Gasteiger partial charge in [0, 0.05) is 44.1 Å². The Kier molecular flexibility index (Phi) is 6.22. The molecule has 1 aliphatic rings. The first-order valence-electron chi connectivity index (χ1n) is 9.62. The molecule has 1 aromatic carbocycles. The lowest BCUT2D eigenvalue weighted by Crippen LogP contribution is -2.37. The largest absolute Gasteiger partial charge is 0.337 e. The van der Waals surface area contributed by atoms with Crippen molar-refractivity contribution in [1.82, 2.24) is 14.8 Å². The highest BCUT2D eigenvalue weighted by Crippen LogP contribution is 2.14.